The average molecular weight is 470 g/mol. The number of hydrogen-bond acceptors (Lipinski definition) is 5. The molecule has 0 aromatic heterocycles. The number of halogens is 2. The minimum absolute atomic E-state index is 0.226. The quantitative estimate of drug-likeness (QED) is 0.187. The van der Waals surface area contributed by atoms with Crippen molar-refractivity contribution in [2.24, 2.45) is 5.10 Å². The Morgan fingerprint density at radius 2 is 1.62 bits per heavy atom. The Morgan fingerprint density at radius 3 is 2.38 bits per heavy atom. The lowest BCUT2D eigenvalue weighted by molar-refractivity contribution is -0.136. The number of ether oxygens (including phenoxy) is 1. The minimum atomic E-state index is -0.976. The predicted octanol–water partition coefficient (Wildman–Crippen LogP) is 4.61. The molecule has 0 bridgehead atoms. The molecule has 0 unspecified atom stereocenters. The number of hydrazone groups is 1. The molecule has 32 heavy (non-hydrogen) atoms. The molecule has 0 aliphatic heterocycles. The van der Waals surface area contributed by atoms with E-state index in [-0.39, 0.29) is 5.75 Å². The number of amides is 2. The molecule has 2 N–H and O–H groups in total. The van der Waals surface area contributed by atoms with Crippen molar-refractivity contribution in [1.29, 1.82) is 0 Å². The molecule has 3 rings (SSSR count). The largest absolute Gasteiger partial charge is 0.422 e. The van der Waals surface area contributed by atoms with Crippen LogP contribution in [0.4, 0.5) is 5.69 Å². The molecule has 162 valence electrons. The van der Waals surface area contributed by atoms with Gasteiger partial charge in [0.1, 0.15) is 5.75 Å². The fourth-order valence-electron chi connectivity index (χ4n) is 2.56. The Kier molecular flexibility index (Phi) is 7.59. The first kappa shape index (κ1) is 23.0. The summed E-state index contributed by atoms with van der Waals surface area (Å²) in [6.07, 6.45) is 1.26. The fourth-order valence-corrected chi connectivity index (χ4v) is 2.86. The maximum Gasteiger partial charge on any atom is 0.343 e. The highest BCUT2D eigenvalue weighted by atomic mass is 35.5. The first-order valence-electron chi connectivity index (χ1n) is 9.31. The summed E-state index contributed by atoms with van der Waals surface area (Å²) in [5.41, 5.74) is 3.93. The van der Waals surface area contributed by atoms with Gasteiger partial charge in [0.2, 0.25) is 0 Å². The van der Waals surface area contributed by atoms with E-state index in [1.165, 1.54) is 6.21 Å². The number of nitrogens with one attached hydrogen (secondary N) is 2. The van der Waals surface area contributed by atoms with Gasteiger partial charge < -0.3 is 10.1 Å². The summed E-state index contributed by atoms with van der Waals surface area (Å²) in [5.74, 6) is -2.24. The van der Waals surface area contributed by atoms with Crippen molar-refractivity contribution in [2.75, 3.05) is 5.32 Å². The molecule has 0 fully saturated rings. The van der Waals surface area contributed by atoms with Gasteiger partial charge in [-0.2, -0.15) is 5.10 Å². The van der Waals surface area contributed by atoms with E-state index in [1.54, 1.807) is 73.7 Å². The molecule has 3 aromatic rings. The Morgan fingerprint density at radius 1 is 0.906 bits per heavy atom. The number of carbonyl (C=O) groups excluding carboxylic acids is 3. The minimum Gasteiger partial charge on any atom is -0.422 e. The number of nitrogens with zero attached hydrogens (tertiary/aromatic N) is 1. The zero-order valence-electron chi connectivity index (χ0n) is 16.8. The Balaban J connectivity index is 1.63. The third-order valence-electron chi connectivity index (χ3n) is 4.29. The number of esters is 1. The maximum atomic E-state index is 12.3. The third-order valence-corrected chi connectivity index (χ3v) is 4.95. The van der Waals surface area contributed by atoms with Crippen LogP contribution in [0.15, 0.2) is 71.8 Å². The van der Waals surface area contributed by atoms with Gasteiger partial charge in [0.25, 0.3) is 0 Å². The van der Waals surface area contributed by atoms with Crippen molar-refractivity contribution in [3.05, 3.63) is 93.5 Å². The lowest BCUT2D eigenvalue weighted by atomic mass is 10.2. The van der Waals surface area contributed by atoms with E-state index in [4.69, 9.17) is 27.9 Å². The SMILES string of the molecule is Cc1c(Cl)cccc1NC(=O)C(=O)N/N=C\c1ccccc1OC(=O)c1ccc(Cl)cc1. The van der Waals surface area contributed by atoms with Crippen LogP contribution in [-0.2, 0) is 9.59 Å². The summed E-state index contributed by atoms with van der Waals surface area (Å²) in [6.45, 7) is 1.72. The van der Waals surface area contributed by atoms with Crippen LogP contribution in [0.5, 0.6) is 5.75 Å². The Bertz CT molecular complexity index is 1190. The number of benzene rings is 3. The van der Waals surface area contributed by atoms with Crippen LogP contribution in [0.1, 0.15) is 21.5 Å². The van der Waals surface area contributed by atoms with Crippen LogP contribution in [-0.4, -0.2) is 24.0 Å². The van der Waals surface area contributed by atoms with Crippen LogP contribution < -0.4 is 15.5 Å². The highest BCUT2D eigenvalue weighted by molar-refractivity contribution is 6.40. The molecular formula is C23H17Cl2N3O4. The molecule has 0 heterocycles. The normalized spacial score (nSPS) is 10.6. The zero-order valence-corrected chi connectivity index (χ0v) is 18.3. The lowest BCUT2D eigenvalue weighted by Crippen LogP contribution is -2.32. The van der Waals surface area contributed by atoms with E-state index in [0.29, 0.717) is 32.4 Å². The summed E-state index contributed by atoms with van der Waals surface area (Å²) in [5, 5.41) is 7.21. The van der Waals surface area contributed by atoms with Crippen molar-refractivity contribution >= 4 is 52.9 Å². The smallest absolute Gasteiger partial charge is 0.343 e. The van der Waals surface area contributed by atoms with E-state index in [9.17, 15) is 14.4 Å². The molecule has 0 saturated heterocycles. The number of rotatable bonds is 5. The number of para-hydroxylation sites is 1. The maximum absolute atomic E-state index is 12.3. The van der Waals surface area contributed by atoms with Gasteiger partial charge in [-0.15, -0.1) is 0 Å². The van der Waals surface area contributed by atoms with Gasteiger partial charge in [-0.05, 0) is 61.0 Å². The molecule has 0 spiro atoms. The van der Waals surface area contributed by atoms with Gasteiger partial charge in [-0.25, -0.2) is 10.2 Å². The molecule has 7 nitrogen and oxygen atoms in total. The summed E-state index contributed by atoms with van der Waals surface area (Å²) in [6, 6.07) is 17.8. The lowest BCUT2D eigenvalue weighted by Gasteiger charge is -2.08. The second-order valence-electron chi connectivity index (χ2n) is 6.50. The summed E-state index contributed by atoms with van der Waals surface area (Å²) in [7, 11) is 0. The van der Waals surface area contributed by atoms with Crippen LogP contribution >= 0.6 is 23.2 Å². The van der Waals surface area contributed by atoms with Gasteiger partial charge >= 0.3 is 17.8 Å². The Hall–Kier alpha value is -3.68. The zero-order chi connectivity index (χ0) is 23.1. The van der Waals surface area contributed by atoms with Crippen LogP contribution in [0.25, 0.3) is 0 Å². The molecule has 9 heteroatoms. The van der Waals surface area contributed by atoms with Crippen molar-refractivity contribution in [2.45, 2.75) is 6.92 Å². The van der Waals surface area contributed by atoms with Gasteiger partial charge in [0.15, 0.2) is 0 Å². The monoisotopic (exact) mass is 469 g/mol. The summed E-state index contributed by atoms with van der Waals surface area (Å²) >= 11 is 11.8. The van der Waals surface area contributed by atoms with Crippen LogP contribution in [0.3, 0.4) is 0 Å². The molecule has 0 aliphatic carbocycles. The second kappa shape index (κ2) is 10.6. The van der Waals surface area contributed by atoms with Crippen LogP contribution in [0.2, 0.25) is 10.0 Å². The predicted molar refractivity (Wildman–Crippen MR) is 123 cm³/mol. The Labute approximate surface area is 194 Å². The molecule has 2 amide bonds. The average Bonchev–Trinajstić information content (AvgIpc) is 2.78. The molecular weight excluding hydrogens is 453 g/mol. The molecule has 3 aromatic carbocycles. The number of hydrogen-bond donors (Lipinski definition) is 2. The summed E-state index contributed by atoms with van der Waals surface area (Å²) < 4.78 is 5.40. The van der Waals surface area contributed by atoms with E-state index in [1.807, 2.05) is 0 Å². The fraction of sp³-hybridized carbons (Fsp3) is 0.0435. The second-order valence-corrected chi connectivity index (χ2v) is 7.34. The highest BCUT2D eigenvalue weighted by Gasteiger charge is 2.15. The first-order valence-corrected chi connectivity index (χ1v) is 10.1. The highest BCUT2D eigenvalue weighted by Crippen LogP contribution is 2.23. The van der Waals surface area contributed by atoms with Crippen molar-refractivity contribution in [1.82, 2.24) is 5.43 Å². The van der Waals surface area contributed by atoms with E-state index < -0.39 is 17.8 Å². The third kappa shape index (κ3) is 5.94. The van der Waals surface area contributed by atoms with Crippen LogP contribution in [0, 0.1) is 6.92 Å². The summed E-state index contributed by atoms with van der Waals surface area (Å²) in [4.78, 5) is 36.5. The topological polar surface area (TPSA) is 96.9 Å². The number of anilines is 1. The standard InChI is InChI=1S/C23H17Cl2N3O4/c1-14-18(25)6-4-7-19(14)27-21(29)22(30)28-26-13-16-5-2-3-8-20(16)32-23(31)15-9-11-17(24)12-10-15/h2-13H,1H3,(H,27,29)(H,28,30)/b26-13-. The van der Waals surface area contributed by atoms with E-state index in [0.717, 1.165) is 0 Å². The van der Waals surface area contributed by atoms with E-state index >= 15 is 0 Å². The van der Waals surface area contributed by atoms with Crippen molar-refractivity contribution in [3.8, 4) is 5.75 Å². The van der Waals surface area contributed by atoms with E-state index in [2.05, 4.69) is 15.8 Å². The molecule has 0 aliphatic rings. The van der Waals surface area contributed by atoms with Crippen molar-refractivity contribution < 1.29 is 19.1 Å². The van der Waals surface area contributed by atoms with Gasteiger partial charge in [-0.3, -0.25) is 9.59 Å². The van der Waals surface area contributed by atoms with Gasteiger partial charge in [-0.1, -0.05) is 41.4 Å². The molecule has 0 saturated carbocycles. The number of carbonyl (C=O) groups is 3. The molecule has 0 radical (unpaired) electrons. The molecule has 0 atom stereocenters. The first-order chi connectivity index (χ1) is 15.3. The van der Waals surface area contributed by atoms with Gasteiger partial charge in [0.05, 0.1) is 11.8 Å². The van der Waals surface area contributed by atoms with Gasteiger partial charge in [0, 0.05) is 21.3 Å². The van der Waals surface area contributed by atoms with Crippen molar-refractivity contribution in [3.63, 3.8) is 0 Å².